The average molecular weight is 724 g/mol. The molecule has 6 aromatic rings. The SMILES string of the molecule is C=Nc1c(OCc2ccc(CCCCC(=O)c3ccc(CNC(=O)CCC[n+]4c5cc(N)ccc5cc5ccc(N)cc54)cc3)cc2)cc(N)nc1NC. The van der Waals surface area contributed by atoms with Gasteiger partial charge in [-0.25, -0.2) is 4.98 Å². The van der Waals surface area contributed by atoms with E-state index in [0.717, 1.165) is 52.2 Å². The molecule has 2 heterocycles. The van der Waals surface area contributed by atoms with Gasteiger partial charge < -0.3 is 32.6 Å². The number of aromatic nitrogens is 2. The number of unbranched alkanes of at least 4 members (excludes halogenated alkanes) is 1. The lowest BCUT2D eigenvalue weighted by molar-refractivity contribution is -0.645. The lowest BCUT2D eigenvalue weighted by Gasteiger charge is -2.13. The third-order valence-electron chi connectivity index (χ3n) is 9.46. The number of nitrogen functional groups attached to an aromatic ring is 3. The van der Waals surface area contributed by atoms with Gasteiger partial charge in [0.2, 0.25) is 16.9 Å². The molecule has 0 atom stereocenters. The molecule has 0 aliphatic rings. The molecular formula is C43H47N8O3+. The van der Waals surface area contributed by atoms with Crippen molar-refractivity contribution in [3.63, 3.8) is 0 Å². The topological polar surface area (TPSA) is 175 Å². The second-order valence-electron chi connectivity index (χ2n) is 13.4. The molecule has 0 aliphatic carbocycles. The Labute approximate surface area is 315 Å². The summed E-state index contributed by atoms with van der Waals surface area (Å²) in [7, 11) is 1.74. The van der Waals surface area contributed by atoms with Crippen molar-refractivity contribution in [2.24, 2.45) is 4.99 Å². The predicted octanol–water partition coefficient (Wildman–Crippen LogP) is 7.07. The minimum Gasteiger partial charge on any atom is -0.486 e. The standard InChI is InChI=1S/C43H46N8O3/c1-47-42-39(25-40(46)50-43(42)48-2)54-27-30-11-9-28(10-12-30)6-3-4-7-38(52)31-15-13-29(14-16-31)26-49-41(53)8-5-21-51-36-23-34(44)19-17-32(36)22-33-18-20-35(45)24-37(33)51/h9-20,22-25H,1,3-8,21,26-27H2,2H3,(H7,44,45,46,48,49,50,53)/p+1. The second-order valence-corrected chi connectivity index (χ2v) is 13.4. The van der Waals surface area contributed by atoms with Gasteiger partial charge in [0.1, 0.15) is 24.7 Å². The lowest BCUT2D eigenvalue weighted by atomic mass is 10.0. The summed E-state index contributed by atoms with van der Waals surface area (Å²) in [5.74, 6) is 1.46. The van der Waals surface area contributed by atoms with Gasteiger partial charge in [-0.15, -0.1) is 0 Å². The zero-order valence-electron chi connectivity index (χ0n) is 30.6. The normalized spacial score (nSPS) is 11.1. The van der Waals surface area contributed by atoms with Crippen LogP contribution in [0.5, 0.6) is 5.75 Å². The summed E-state index contributed by atoms with van der Waals surface area (Å²) in [6.45, 7) is 5.01. The summed E-state index contributed by atoms with van der Waals surface area (Å²) in [5.41, 5.74) is 25.9. The van der Waals surface area contributed by atoms with Crippen LogP contribution in [-0.4, -0.2) is 30.4 Å². The molecule has 0 radical (unpaired) electrons. The fraction of sp³-hybridized carbons (Fsp3) is 0.233. The molecule has 0 bridgehead atoms. The zero-order valence-corrected chi connectivity index (χ0v) is 30.6. The van der Waals surface area contributed by atoms with Gasteiger partial charge in [0, 0.05) is 78.8 Å². The molecule has 0 unspecified atom stereocenters. The smallest absolute Gasteiger partial charge is 0.220 e. The Bertz CT molecular complexity index is 2230. The summed E-state index contributed by atoms with van der Waals surface area (Å²) < 4.78 is 8.16. The fourth-order valence-corrected chi connectivity index (χ4v) is 6.56. The quantitative estimate of drug-likeness (QED) is 0.0166. The number of benzene rings is 4. The molecule has 11 heteroatoms. The molecule has 8 N–H and O–H groups in total. The van der Waals surface area contributed by atoms with Crippen molar-refractivity contribution in [3.05, 3.63) is 119 Å². The first-order valence-corrected chi connectivity index (χ1v) is 18.2. The maximum absolute atomic E-state index is 12.9. The van der Waals surface area contributed by atoms with Crippen LogP contribution < -0.4 is 37.1 Å². The van der Waals surface area contributed by atoms with Crippen LogP contribution in [0, 0.1) is 0 Å². The van der Waals surface area contributed by atoms with E-state index < -0.39 is 0 Å². The highest BCUT2D eigenvalue weighted by Crippen LogP contribution is 2.35. The van der Waals surface area contributed by atoms with E-state index in [1.54, 1.807) is 13.1 Å². The predicted molar refractivity (Wildman–Crippen MR) is 218 cm³/mol. The number of hydrogen-bond donors (Lipinski definition) is 5. The number of aliphatic imine (C=N–C) groups is 1. The fourth-order valence-electron chi connectivity index (χ4n) is 6.56. The van der Waals surface area contributed by atoms with E-state index in [2.05, 4.69) is 50.1 Å². The van der Waals surface area contributed by atoms with Crippen LogP contribution in [0.3, 0.4) is 0 Å². The first kappa shape index (κ1) is 37.3. The zero-order chi connectivity index (χ0) is 38.0. The van der Waals surface area contributed by atoms with Crippen molar-refractivity contribution in [2.75, 3.05) is 29.6 Å². The Kier molecular flexibility index (Phi) is 12.0. The van der Waals surface area contributed by atoms with Crippen LogP contribution in [0.4, 0.5) is 28.7 Å². The number of hydrogen-bond acceptors (Lipinski definition) is 9. The number of rotatable bonds is 17. The van der Waals surface area contributed by atoms with E-state index >= 15 is 0 Å². The molecule has 1 amide bonds. The van der Waals surface area contributed by atoms with Crippen LogP contribution in [0.15, 0.2) is 102 Å². The van der Waals surface area contributed by atoms with Crippen LogP contribution in [0.2, 0.25) is 0 Å². The molecule has 276 valence electrons. The first-order chi connectivity index (χ1) is 26.2. The number of ketones is 1. The molecule has 54 heavy (non-hydrogen) atoms. The van der Waals surface area contributed by atoms with Gasteiger partial charge in [-0.1, -0.05) is 48.5 Å². The number of nitrogens with two attached hydrogens (primary N) is 3. The molecule has 0 saturated carbocycles. The Morgan fingerprint density at radius 3 is 2.07 bits per heavy atom. The molecule has 11 nitrogen and oxygen atoms in total. The van der Waals surface area contributed by atoms with Gasteiger partial charge in [-0.05, 0) is 73.0 Å². The van der Waals surface area contributed by atoms with Crippen molar-refractivity contribution in [1.29, 1.82) is 0 Å². The highest BCUT2D eigenvalue weighted by atomic mass is 16.5. The number of carbonyl (C=O) groups excluding carboxylic acids is 2. The van der Waals surface area contributed by atoms with E-state index in [1.807, 2.05) is 72.8 Å². The Morgan fingerprint density at radius 2 is 1.43 bits per heavy atom. The van der Waals surface area contributed by atoms with Gasteiger partial charge in [0.05, 0.1) is 0 Å². The Morgan fingerprint density at radius 1 is 0.778 bits per heavy atom. The van der Waals surface area contributed by atoms with E-state index in [0.29, 0.717) is 79.0 Å². The number of aryl methyl sites for hydroxylation is 2. The van der Waals surface area contributed by atoms with Crippen molar-refractivity contribution in [3.8, 4) is 5.75 Å². The molecule has 2 aromatic heterocycles. The number of pyridine rings is 2. The number of ether oxygens (including phenoxy) is 1. The Balaban J connectivity index is 0.911. The van der Waals surface area contributed by atoms with Crippen molar-refractivity contribution < 1.29 is 18.9 Å². The summed E-state index contributed by atoms with van der Waals surface area (Å²) in [5, 5.41) is 8.14. The number of anilines is 4. The van der Waals surface area contributed by atoms with E-state index in [4.69, 9.17) is 21.9 Å². The third kappa shape index (κ3) is 9.29. The number of amides is 1. The van der Waals surface area contributed by atoms with Crippen LogP contribution in [0.25, 0.3) is 21.8 Å². The van der Waals surface area contributed by atoms with Gasteiger partial charge in [0.25, 0.3) is 0 Å². The largest absolute Gasteiger partial charge is 0.486 e. The minimum absolute atomic E-state index is 0.0270. The van der Waals surface area contributed by atoms with Crippen molar-refractivity contribution in [2.45, 2.75) is 58.2 Å². The summed E-state index contributed by atoms with van der Waals surface area (Å²) in [6, 6.07) is 31.3. The molecule has 4 aromatic carbocycles. The first-order valence-electron chi connectivity index (χ1n) is 18.2. The van der Waals surface area contributed by atoms with E-state index in [9.17, 15) is 9.59 Å². The van der Waals surface area contributed by atoms with E-state index in [-0.39, 0.29) is 11.7 Å². The second kappa shape index (κ2) is 17.4. The number of fused-ring (bicyclic) bond motifs is 2. The van der Waals surface area contributed by atoms with Crippen LogP contribution in [0.1, 0.15) is 59.2 Å². The van der Waals surface area contributed by atoms with E-state index in [1.165, 1.54) is 5.56 Å². The molecule has 0 aliphatic heterocycles. The molecule has 0 spiro atoms. The highest BCUT2D eigenvalue weighted by Gasteiger charge is 2.17. The van der Waals surface area contributed by atoms with Gasteiger partial charge in [-0.2, -0.15) is 4.57 Å². The van der Waals surface area contributed by atoms with Gasteiger partial charge in [-0.3, -0.25) is 14.6 Å². The van der Waals surface area contributed by atoms with Crippen LogP contribution >= 0.6 is 0 Å². The highest BCUT2D eigenvalue weighted by molar-refractivity contribution is 5.96. The number of nitrogens with one attached hydrogen (secondary N) is 2. The van der Waals surface area contributed by atoms with Gasteiger partial charge >= 0.3 is 0 Å². The van der Waals surface area contributed by atoms with Crippen molar-refractivity contribution >= 4 is 68.9 Å². The summed E-state index contributed by atoms with van der Waals surface area (Å²) in [4.78, 5) is 33.9. The molecule has 0 saturated heterocycles. The van der Waals surface area contributed by atoms with Crippen LogP contribution in [-0.2, 0) is 30.9 Å². The molecular weight excluding hydrogens is 677 g/mol. The number of carbonyl (C=O) groups is 2. The maximum atomic E-state index is 12.9. The molecule has 6 rings (SSSR count). The van der Waals surface area contributed by atoms with Gasteiger partial charge in [0.15, 0.2) is 17.4 Å². The monoisotopic (exact) mass is 723 g/mol. The molecule has 0 fully saturated rings. The number of Topliss-reactive ketones (excluding diaryl/α,β-unsaturated/α-hetero) is 1. The maximum Gasteiger partial charge on any atom is 0.220 e. The lowest BCUT2D eigenvalue weighted by Crippen LogP contribution is -2.36. The number of nitrogens with zero attached hydrogens (tertiary/aromatic N) is 3. The van der Waals surface area contributed by atoms with Crippen molar-refractivity contribution in [1.82, 2.24) is 10.3 Å². The third-order valence-corrected chi connectivity index (χ3v) is 9.46. The summed E-state index contributed by atoms with van der Waals surface area (Å²) in [6.07, 6.45) is 4.08. The minimum atomic E-state index is -0.0270. The summed E-state index contributed by atoms with van der Waals surface area (Å²) >= 11 is 0. The Hall–Kier alpha value is -6.49. The average Bonchev–Trinajstić information content (AvgIpc) is 3.18.